The molecule has 1 aromatic heterocycles. The second kappa shape index (κ2) is 5.46. The van der Waals surface area contributed by atoms with Crippen LogP contribution in [0, 0.1) is 0 Å². The van der Waals surface area contributed by atoms with Crippen molar-refractivity contribution in [1.29, 1.82) is 0 Å². The lowest BCUT2D eigenvalue weighted by molar-refractivity contribution is -0.135. The fourth-order valence-electron chi connectivity index (χ4n) is 2.53. The quantitative estimate of drug-likeness (QED) is 0.847. The molecule has 2 aromatic rings. The number of nitrogens with zero attached hydrogens (tertiary/aromatic N) is 1. The van der Waals surface area contributed by atoms with Crippen LogP contribution in [-0.4, -0.2) is 16.8 Å². The standard InChI is InChI=1S/C14H11BrN2O2S/c15-10-4-2-1-3-8(10)13-9(11-6-16-7-20-11)5-12(18)17-14(13)19/h1-4,6-7,9,13H,5H2,(H,17,18,19). The van der Waals surface area contributed by atoms with E-state index in [1.807, 2.05) is 24.3 Å². The van der Waals surface area contributed by atoms with Crippen molar-refractivity contribution < 1.29 is 9.59 Å². The van der Waals surface area contributed by atoms with E-state index in [9.17, 15) is 9.59 Å². The number of amides is 2. The van der Waals surface area contributed by atoms with Gasteiger partial charge in [-0.25, -0.2) is 0 Å². The first-order chi connectivity index (χ1) is 9.66. The Bertz CT molecular complexity index is 657. The van der Waals surface area contributed by atoms with Crippen LogP contribution in [0.3, 0.4) is 0 Å². The fourth-order valence-corrected chi connectivity index (χ4v) is 3.82. The average Bonchev–Trinajstić information content (AvgIpc) is 2.93. The van der Waals surface area contributed by atoms with Crippen LogP contribution in [0.1, 0.15) is 28.7 Å². The summed E-state index contributed by atoms with van der Waals surface area (Å²) in [6.07, 6.45) is 2.05. The van der Waals surface area contributed by atoms with Gasteiger partial charge in [-0.2, -0.15) is 0 Å². The highest BCUT2D eigenvalue weighted by molar-refractivity contribution is 9.10. The van der Waals surface area contributed by atoms with Crippen LogP contribution in [-0.2, 0) is 9.59 Å². The number of carbonyl (C=O) groups excluding carboxylic acids is 2. The van der Waals surface area contributed by atoms with Gasteiger partial charge in [-0.3, -0.25) is 19.9 Å². The summed E-state index contributed by atoms with van der Waals surface area (Å²) in [6, 6.07) is 7.62. The monoisotopic (exact) mass is 350 g/mol. The molecule has 0 spiro atoms. The van der Waals surface area contributed by atoms with E-state index in [2.05, 4.69) is 26.2 Å². The molecule has 0 bridgehead atoms. The third-order valence-corrected chi connectivity index (χ3v) is 5.04. The highest BCUT2D eigenvalue weighted by atomic mass is 79.9. The third kappa shape index (κ3) is 2.41. The summed E-state index contributed by atoms with van der Waals surface area (Å²) in [5.41, 5.74) is 2.62. The number of rotatable bonds is 2. The molecule has 2 unspecified atom stereocenters. The molecule has 102 valence electrons. The Morgan fingerprint density at radius 2 is 2.10 bits per heavy atom. The minimum Gasteiger partial charge on any atom is -0.296 e. The van der Waals surface area contributed by atoms with Gasteiger partial charge in [0.2, 0.25) is 11.8 Å². The maximum Gasteiger partial charge on any atom is 0.234 e. The molecule has 1 aliphatic rings. The average molecular weight is 351 g/mol. The lowest BCUT2D eigenvalue weighted by Crippen LogP contribution is -2.43. The molecule has 1 fully saturated rings. The smallest absolute Gasteiger partial charge is 0.234 e. The van der Waals surface area contributed by atoms with Gasteiger partial charge in [0, 0.05) is 27.9 Å². The zero-order valence-corrected chi connectivity index (χ0v) is 12.8. The molecule has 6 heteroatoms. The fraction of sp³-hybridized carbons (Fsp3) is 0.214. The molecule has 20 heavy (non-hydrogen) atoms. The summed E-state index contributed by atoms with van der Waals surface area (Å²) in [7, 11) is 0. The molecule has 1 aliphatic heterocycles. The van der Waals surface area contributed by atoms with E-state index in [0.717, 1.165) is 14.9 Å². The van der Waals surface area contributed by atoms with Gasteiger partial charge in [0.1, 0.15) is 0 Å². The SMILES string of the molecule is O=C1CC(c2cncs2)C(c2ccccc2Br)C(=O)N1. The number of aromatic nitrogens is 1. The number of hydrogen-bond acceptors (Lipinski definition) is 4. The number of hydrogen-bond donors (Lipinski definition) is 1. The predicted octanol–water partition coefficient (Wildman–Crippen LogP) is 2.82. The van der Waals surface area contributed by atoms with Crippen LogP contribution < -0.4 is 5.32 Å². The van der Waals surface area contributed by atoms with Crippen molar-refractivity contribution in [3.63, 3.8) is 0 Å². The van der Waals surface area contributed by atoms with Crippen LogP contribution >= 0.6 is 27.3 Å². The van der Waals surface area contributed by atoms with Crippen molar-refractivity contribution in [2.75, 3.05) is 0 Å². The zero-order valence-electron chi connectivity index (χ0n) is 10.4. The minimum atomic E-state index is -0.372. The Labute approximate surface area is 128 Å². The molecule has 2 amide bonds. The van der Waals surface area contributed by atoms with Crippen LogP contribution in [0.5, 0.6) is 0 Å². The van der Waals surface area contributed by atoms with E-state index in [1.165, 1.54) is 11.3 Å². The van der Waals surface area contributed by atoms with Crippen LogP contribution in [0.25, 0.3) is 0 Å². The first-order valence-electron chi connectivity index (χ1n) is 6.13. The van der Waals surface area contributed by atoms with E-state index in [0.29, 0.717) is 6.42 Å². The second-order valence-electron chi connectivity index (χ2n) is 4.63. The van der Waals surface area contributed by atoms with Crippen molar-refractivity contribution in [1.82, 2.24) is 10.3 Å². The Morgan fingerprint density at radius 1 is 1.30 bits per heavy atom. The molecule has 4 nitrogen and oxygen atoms in total. The van der Waals surface area contributed by atoms with Crippen LogP contribution in [0.15, 0.2) is 40.4 Å². The first-order valence-corrected chi connectivity index (χ1v) is 7.80. The molecule has 0 saturated carbocycles. The summed E-state index contributed by atoms with van der Waals surface area (Å²) in [6.45, 7) is 0. The molecular formula is C14H11BrN2O2S. The van der Waals surface area contributed by atoms with Gasteiger partial charge in [-0.15, -0.1) is 11.3 Å². The van der Waals surface area contributed by atoms with Gasteiger partial charge >= 0.3 is 0 Å². The molecular weight excluding hydrogens is 340 g/mol. The Balaban J connectivity index is 2.07. The number of nitrogens with one attached hydrogen (secondary N) is 1. The maximum absolute atomic E-state index is 12.3. The van der Waals surface area contributed by atoms with Crippen molar-refractivity contribution in [3.05, 3.63) is 50.9 Å². The van der Waals surface area contributed by atoms with Gasteiger partial charge in [0.05, 0.1) is 11.4 Å². The van der Waals surface area contributed by atoms with Crippen molar-refractivity contribution in [2.24, 2.45) is 0 Å². The number of piperidine rings is 1. The normalized spacial score (nSPS) is 22.6. The van der Waals surface area contributed by atoms with Crippen LogP contribution in [0.4, 0.5) is 0 Å². The maximum atomic E-state index is 12.3. The van der Waals surface area contributed by atoms with Crippen molar-refractivity contribution in [3.8, 4) is 0 Å². The Morgan fingerprint density at radius 3 is 2.80 bits per heavy atom. The number of imide groups is 1. The highest BCUT2D eigenvalue weighted by Crippen LogP contribution is 2.41. The predicted molar refractivity (Wildman–Crippen MR) is 79.5 cm³/mol. The number of benzene rings is 1. The molecule has 1 saturated heterocycles. The van der Waals surface area contributed by atoms with Gasteiger partial charge in [0.25, 0.3) is 0 Å². The lowest BCUT2D eigenvalue weighted by Gasteiger charge is -2.30. The lowest BCUT2D eigenvalue weighted by atomic mass is 9.80. The zero-order chi connectivity index (χ0) is 14.1. The van der Waals surface area contributed by atoms with Gasteiger partial charge in [-0.05, 0) is 11.6 Å². The second-order valence-corrected chi connectivity index (χ2v) is 6.40. The van der Waals surface area contributed by atoms with E-state index < -0.39 is 0 Å². The topological polar surface area (TPSA) is 59.1 Å². The molecule has 3 rings (SSSR count). The molecule has 2 atom stereocenters. The molecule has 1 N–H and O–H groups in total. The summed E-state index contributed by atoms with van der Waals surface area (Å²) >= 11 is 4.97. The Kier molecular flexibility index (Phi) is 3.67. The summed E-state index contributed by atoms with van der Waals surface area (Å²) in [5, 5.41) is 2.43. The summed E-state index contributed by atoms with van der Waals surface area (Å²) in [4.78, 5) is 29.0. The van der Waals surface area contributed by atoms with Gasteiger partial charge in [-0.1, -0.05) is 34.1 Å². The van der Waals surface area contributed by atoms with Crippen LogP contribution in [0.2, 0.25) is 0 Å². The molecule has 2 heterocycles. The van der Waals surface area contributed by atoms with Crippen molar-refractivity contribution in [2.45, 2.75) is 18.3 Å². The third-order valence-electron chi connectivity index (χ3n) is 3.41. The highest BCUT2D eigenvalue weighted by Gasteiger charge is 2.39. The largest absolute Gasteiger partial charge is 0.296 e. The van der Waals surface area contributed by atoms with E-state index in [4.69, 9.17) is 0 Å². The first kappa shape index (κ1) is 13.5. The summed E-state index contributed by atoms with van der Waals surface area (Å²) < 4.78 is 0.879. The molecule has 0 radical (unpaired) electrons. The van der Waals surface area contributed by atoms with E-state index in [-0.39, 0.29) is 23.7 Å². The number of thiazole rings is 1. The number of halogens is 1. The molecule has 0 aliphatic carbocycles. The summed E-state index contributed by atoms with van der Waals surface area (Å²) in [5.74, 6) is -0.991. The Hall–Kier alpha value is -1.53. The minimum absolute atomic E-state index is 0.151. The number of carbonyl (C=O) groups is 2. The van der Waals surface area contributed by atoms with E-state index >= 15 is 0 Å². The molecule has 1 aromatic carbocycles. The van der Waals surface area contributed by atoms with E-state index in [1.54, 1.807) is 11.7 Å². The van der Waals surface area contributed by atoms with Gasteiger partial charge in [0.15, 0.2) is 0 Å². The van der Waals surface area contributed by atoms with Crippen molar-refractivity contribution >= 4 is 39.1 Å². The van der Waals surface area contributed by atoms with Gasteiger partial charge < -0.3 is 0 Å².